The summed E-state index contributed by atoms with van der Waals surface area (Å²) >= 11 is 0. The van der Waals surface area contributed by atoms with Gasteiger partial charge in [0.1, 0.15) is 11.9 Å². The van der Waals surface area contributed by atoms with Gasteiger partial charge in [-0.25, -0.2) is 17.5 Å². The quantitative estimate of drug-likeness (QED) is 0.589. The number of likely N-dealkylation sites (N-methyl/N-ethyl adjacent to an activating group) is 1. The molecule has 0 aliphatic carbocycles. The van der Waals surface area contributed by atoms with Gasteiger partial charge in [0.15, 0.2) is 0 Å². The largest absolute Gasteiger partial charge is 0.368 e. The zero-order valence-corrected chi connectivity index (χ0v) is 17.1. The van der Waals surface area contributed by atoms with E-state index in [9.17, 15) is 22.4 Å². The second-order valence-electron chi connectivity index (χ2n) is 6.51. The average molecular weight is 422 g/mol. The predicted octanol–water partition coefficient (Wildman–Crippen LogP) is 1.14. The van der Waals surface area contributed by atoms with Gasteiger partial charge in [0.2, 0.25) is 21.8 Å². The topological polar surface area (TPSA) is 122 Å². The Kier molecular flexibility index (Phi) is 7.07. The van der Waals surface area contributed by atoms with Gasteiger partial charge in [-0.3, -0.25) is 14.5 Å². The smallest absolute Gasteiger partial charge is 0.240 e. The Hall–Kier alpha value is -2.82. The second-order valence-corrected chi connectivity index (χ2v) is 8.37. The number of halogens is 1. The van der Waals surface area contributed by atoms with Crippen LogP contribution in [0.1, 0.15) is 17.2 Å². The van der Waals surface area contributed by atoms with Crippen molar-refractivity contribution in [2.45, 2.75) is 17.9 Å². The maximum absolute atomic E-state index is 13.5. The Morgan fingerprint density at radius 1 is 1.21 bits per heavy atom. The van der Waals surface area contributed by atoms with E-state index in [1.54, 1.807) is 25.1 Å². The second kappa shape index (κ2) is 9.12. The molecule has 2 aromatic rings. The van der Waals surface area contributed by atoms with E-state index in [4.69, 9.17) is 5.73 Å². The molecular weight excluding hydrogens is 399 g/mol. The monoisotopic (exact) mass is 422 g/mol. The first-order valence-corrected chi connectivity index (χ1v) is 10.1. The maximum atomic E-state index is 13.5. The summed E-state index contributed by atoms with van der Waals surface area (Å²) < 4.78 is 39.9. The minimum atomic E-state index is -3.68. The molecule has 1 unspecified atom stereocenters. The van der Waals surface area contributed by atoms with E-state index in [1.807, 2.05) is 0 Å². The summed E-state index contributed by atoms with van der Waals surface area (Å²) in [6.45, 7) is 1.41. The minimum absolute atomic E-state index is 0.0425. The molecule has 156 valence electrons. The lowest BCUT2D eigenvalue weighted by atomic mass is 10.0. The van der Waals surface area contributed by atoms with Crippen LogP contribution in [0.4, 0.5) is 10.1 Å². The highest BCUT2D eigenvalue weighted by Crippen LogP contribution is 2.22. The Bertz CT molecular complexity index is 1030. The van der Waals surface area contributed by atoms with E-state index >= 15 is 0 Å². The number of hydrogen-bond donors (Lipinski definition) is 3. The number of rotatable bonds is 8. The van der Waals surface area contributed by atoms with E-state index in [2.05, 4.69) is 10.0 Å². The molecule has 0 saturated heterocycles. The number of hydrogen-bond acceptors (Lipinski definition) is 5. The van der Waals surface area contributed by atoms with Crippen molar-refractivity contribution in [3.63, 3.8) is 0 Å². The lowest BCUT2D eigenvalue weighted by Crippen LogP contribution is -2.39. The molecule has 4 N–H and O–H groups in total. The molecule has 0 aliphatic rings. The van der Waals surface area contributed by atoms with Crippen LogP contribution in [-0.2, 0) is 19.6 Å². The molecule has 2 rings (SSSR count). The van der Waals surface area contributed by atoms with Crippen LogP contribution in [0.2, 0.25) is 0 Å². The maximum Gasteiger partial charge on any atom is 0.240 e. The number of aryl methyl sites for hydroxylation is 1. The molecule has 29 heavy (non-hydrogen) atoms. The predicted molar refractivity (Wildman–Crippen MR) is 107 cm³/mol. The number of anilines is 1. The average Bonchev–Trinajstić information content (AvgIpc) is 2.63. The Balaban J connectivity index is 2.17. The number of primary amides is 1. The van der Waals surface area contributed by atoms with Crippen molar-refractivity contribution >= 4 is 27.5 Å². The highest BCUT2D eigenvalue weighted by Gasteiger charge is 2.25. The van der Waals surface area contributed by atoms with Gasteiger partial charge in [-0.2, -0.15) is 0 Å². The third-order valence-corrected chi connectivity index (χ3v) is 5.85. The Morgan fingerprint density at radius 3 is 2.48 bits per heavy atom. The lowest BCUT2D eigenvalue weighted by Gasteiger charge is -2.25. The van der Waals surface area contributed by atoms with Gasteiger partial charge in [-0.05, 0) is 56.4 Å². The summed E-state index contributed by atoms with van der Waals surface area (Å²) in [5, 5.41) is 2.59. The van der Waals surface area contributed by atoms with Crippen molar-refractivity contribution in [2.24, 2.45) is 5.73 Å². The van der Waals surface area contributed by atoms with E-state index in [1.165, 1.54) is 43.3 Å². The Morgan fingerprint density at radius 2 is 1.90 bits per heavy atom. The minimum Gasteiger partial charge on any atom is -0.368 e. The third-order valence-electron chi connectivity index (χ3n) is 4.30. The van der Waals surface area contributed by atoms with Crippen LogP contribution in [0.15, 0.2) is 47.4 Å². The van der Waals surface area contributed by atoms with Gasteiger partial charge in [0.25, 0.3) is 0 Å². The van der Waals surface area contributed by atoms with Gasteiger partial charge >= 0.3 is 0 Å². The van der Waals surface area contributed by atoms with Gasteiger partial charge in [0, 0.05) is 5.69 Å². The molecule has 0 saturated carbocycles. The van der Waals surface area contributed by atoms with Crippen molar-refractivity contribution in [1.82, 2.24) is 9.62 Å². The molecule has 0 aromatic heterocycles. The van der Waals surface area contributed by atoms with Gasteiger partial charge < -0.3 is 11.1 Å². The molecule has 1 atom stereocenters. The van der Waals surface area contributed by atoms with Crippen molar-refractivity contribution in [3.8, 4) is 0 Å². The number of sulfonamides is 1. The fraction of sp³-hybridized carbons (Fsp3) is 0.263. The van der Waals surface area contributed by atoms with Gasteiger partial charge in [0.05, 0.1) is 11.4 Å². The summed E-state index contributed by atoms with van der Waals surface area (Å²) in [5.74, 6) is -1.75. The number of amides is 2. The van der Waals surface area contributed by atoms with E-state index in [0.29, 0.717) is 11.1 Å². The van der Waals surface area contributed by atoms with E-state index in [-0.39, 0.29) is 17.1 Å². The van der Waals surface area contributed by atoms with Crippen LogP contribution in [0, 0.1) is 12.7 Å². The number of carbonyl (C=O) groups excluding carboxylic acids is 2. The number of nitrogens with two attached hydrogens (primary N) is 1. The van der Waals surface area contributed by atoms with Crippen LogP contribution in [-0.4, -0.2) is 45.8 Å². The summed E-state index contributed by atoms with van der Waals surface area (Å²) in [7, 11) is -0.881. The SMILES string of the molecule is CNS(=O)(=O)c1cc(NC(=O)CN(C)C(C(N)=O)c2cccc(F)c2)ccc1C. The molecule has 0 radical (unpaired) electrons. The van der Waals surface area contributed by atoms with Gasteiger partial charge in [-0.1, -0.05) is 18.2 Å². The summed E-state index contributed by atoms with van der Waals surface area (Å²) in [4.78, 5) is 25.7. The molecule has 0 heterocycles. The molecule has 0 fully saturated rings. The molecule has 2 aromatic carbocycles. The molecule has 0 spiro atoms. The fourth-order valence-corrected chi connectivity index (χ4v) is 3.90. The third kappa shape index (κ3) is 5.59. The summed E-state index contributed by atoms with van der Waals surface area (Å²) in [5.41, 5.74) is 6.57. The molecule has 0 aliphatic heterocycles. The molecular formula is C19H23FN4O4S. The van der Waals surface area contributed by atoms with Crippen LogP contribution in [0.5, 0.6) is 0 Å². The summed E-state index contributed by atoms with van der Waals surface area (Å²) in [6, 6.07) is 8.89. The fourth-order valence-electron chi connectivity index (χ4n) is 2.91. The zero-order chi connectivity index (χ0) is 21.8. The standard InChI is InChI=1S/C19H23FN4O4S/c1-12-7-8-15(10-16(12)29(27,28)22-2)23-17(25)11-24(3)18(19(21)26)13-5-4-6-14(20)9-13/h4-10,18,22H,11H2,1-3H3,(H2,21,26)(H,23,25). The van der Waals surface area contributed by atoms with Crippen molar-refractivity contribution in [3.05, 3.63) is 59.4 Å². The first kappa shape index (κ1) is 22.5. The number of benzene rings is 2. The van der Waals surface area contributed by atoms with E-state index < -0.39 is 33.7 Å². The number of carbonyl (C=O) groups is 2. The van der Waals surface area contributed by atoms with Crippen LogP contribution >= 0.6 is 0 Å². The van der Waals surface area contributed by atoms with E-state index in [0.717, 1.165) is 0 Å². The van der Waals surface area contributed by atoms with Gasteiger partial charge in [-0.15, -0.1) is 0 Å². The molecule has 10 heteroatoms. The number of nitrogens with zero attached hydrogens (tertiary/aromatic N) is 1. The van der Waals surface area contributed by atoms with Crippen LogP contribution in [0.3, 0.4) is 0 Å². The highest BCUT2D eigenvalue weighted by molar-refractivity contribution is 7.89. The molecule has 0 bridgehead atoms. The lowest BCUT2D eigenvalue weighted by molar-refractivity contribution is -0.124. The zero-order valence-electron chi connectivity index (χ0n) is 16.3. The van der Waals surface area contributed by atoms with Crippen molar-refractivity contribution < 1.29 is 22.4 Å². The van der Waals surface area contributed by atoms with Crippen molar-refractivity contribution in [1.29, 1.82) is 0 Å². The van der Waals surface area contributed by atoms with Crippen LogP contribution in [0.25, 0.3) is 0 Å². The molecule has 8 nitrogen and oxygen atoms in total. The van der Waals surface area contributed by atoms with Crippen molar-refractivity contribution in [2.75, 3.05) is 26.0 Å². The van der Waals surface area contributed by atoms with Crippen LogP contribution < -0.4 is 15.8 Å². The molecule has 2 amide bonds. The first-order valence-electron chi connectivity index (χ1n) is 8.64. The first-order chi connectivity index (χ1) is 13.5. The normalized spacial score (nSPS) is 12.6. The Labute approximate surface area is 168 Å². The highest BCUT2D eigenvalue weighted by atomic mass is 32.2. The summed E-state index contributed by atoms with van der Waals surface area (Å²) in [6.07, 6.45) is 0. The number of nitrogens with one attached hydrogen (secondary N) is 2.